The maximum Gasteiger partial charge on any atom is 0.225 e. The van der Waals surface area contributed by atoms with Crippen LogP contribution in [0, 0.1) is 23.7 Å². The zero-order chi connectivity index (χ0) is 11.3. The summed E-state index contributed by atoms with van der Waals surface area (Å²) in [6.07, 6.45) is 4.83. The van der Waals surface area contributed by atoms with Crippen LogP contribution in [0.1, 0.15) is 32.6 Å². The van der Waals surface area contributed by atoms with Crippen LogP contribution in [0.4, 0.5) is 0 Å². The van der Waals surface area contributed by atoms with Crippen LogP contribution in [0.25, 0.3) is 0 Å². The summed E-state index contributed by atoms with van der Waals surface area (Å²) in [6.45, 7) is 3.80. The lowest BCUT2D eigenvalue weighted by molar-refractivity contribution is -0.136. The van der Waals surface area contributed by atoms with E-state index in [-0.39, 0.29) is 0 Å². The van der Waals surface area contributed by atoms with Gasteiger partial charge in [-0.15, -0.1) is 0 Å². The standard InChI is InChI=1S/C13H22N2O/c1-8-2-9(6-14)7-15(8)13(16)12-4-10-3-11(10)5-12/h8-12H,2-7,14H2,1H3. The molecule has 4 unspecified atom stereocenters. The van der Waals surface area contributed by atoms with Crippen molar-refractivity contribution in [3.05, 3.63) is 0 Å². The molecule has 0 aromatic heterocycles. The smallest absolute Gasteiger partial charge is 0.225 e. The number of fused-ring (bicyclic) bond motifs is 1. The minimum Gasteiger partial charge on any atom is -0.339 e. The highest BCUT2D eigenvalue weighted by atomic mass is 16.2. The number of rotatable bonds is 2. The van der Waals surface area contributed by atoms with Crippen molar-refractivity contribution in [1.82, 2.24) is 4.90 Å². The lowest BCUT2D eigenvalue weighted by atomic mass is 10.0. The van der Waals surface area contributed by atoms with Gasteiger partial charge in [0, 0.05) is 18.5 Å². The molecule has 0 bridgehead atoms. The van der Waals surface area contributed by atoms with E-state index in [9.17, 15) is 4.79 Å². The average Bonchev–Trinajstić information content (AvgIpc) is 2.74. The molecule has 4 atom stereocenters. The first-order valence-electron chi connectivity index (χ1n) is 6.69. The van der Waals surface area contributed by atoms with E-state index in [4.69, 9.17) is 5.73 Å². The normalized spacial score (nSPS) is 45.9. The van der Waals surface area contributed by atoms with Crippen LogP contribution >= 0.6 is 0 Å². The predicted molar refractivity (Wildman–Crippen MR) is 62.7 cm³/mol. The van der Waals surface area contributed by atoms with Gasteiger partial charge in [-0.1, -0.05) is 0 Å². The Bertz CT molecular complexity index is 294. The van der Waals surface area contributed by atoms with E-state index in [0.29, 0.717) is 23.8 Å². The van der Waals surface area contributed by atoms with Crippen molar-refractivity contribution < 1.29 is 4.79 Å². The van der Waals surface area contributed by atoms with E-state index in [1.807, 2.05) is 0 Å². The van der Waals surface area contributed by atoms with Gasteiger partial charge in [-0.2, -0.15) is 0 Å². The van der Waals surface area contributed by atoms with E-state index in [1.54, 1.807) is 0 Å². The lowest BCUT2D eigenvalue weighted by Gasteiger charge is -2.25. The molecule has 1 saturated heterocycles. The van der Waals surface area contributed by atoms with Crippen molar-refractivity contribution in [3.63, 3.8) is 0 Å². The molecule has 0 aromatic rings. The number of hydrogen-bond acceptors (Lipinski definition) is 2. The van der Waals surface area contributed by atoms with E-state index in [2.05, 4.69) is 11.8 Å². The van der Waals surface area contributed by atoms with Crippen LogP contribution in [0.2, 0.25) is 0 Å². The van der Waals surface area contributed by atoms with Gasteiger partial charge in [-0.25, -0.2) is 0 Å². The van der Waals surface area contributed by atoms with Gasteiger partial charge in [0.05, 0.1) is 0 Å². The fraction of sp³-hybridized carbons (Fsp3) is 0.923. The summed E-state index contributed by atoms with van der Waals surface area (Å²) in [4.78, 5) is 14.5. The van der Waals surface area contributed by atoms with Crippen molar-refractivity contribution in [1.29, 1.82) is 0 Å². The van der Waals surface area contributed by atoms with Crippen LogP contribution in [-0.4, -0.2) is 29.9 Å². The van der Waals surface area contributed by atoms with Crippen molar-refractivity contribution in [2.75, 3.05) is 13.1 Å². The van der Waals surface area contributed by atoms with Gasteiger partial charge < -0.3 is 10.6 Å². The average molecular weight is 222 g/mol. The first-order chi connectivity index (χ1) is 7.69. The molecule has 2 aliphatic carbocycles. The topological polar surface area (TPSA) is 46.3 Å². The summed E-state index contributed by atoms with van der Waals surface area (Å²) in [7, 11) is 0. The van der Waals surface area contributed by atoms with E-state index in [1.165, 1.54) is 19.3 Å². The van der Waals surface area contributed by atoms with Gasteiger partial charge >= 0.3 is 0 Å². The molecule has 90 valence electrons. The third kappa shape index (κ3) is 1.65. The van der Waals surface area contributed by atoms with Gasteiger partial charge in [0.1, 0.15) is 0 Å². The molecule has 2 saturated carbocycles. The van der Waals surface area contributed by atoms with E-state index in [0.717, 1.165) is 31.3 Å². The highest BCUT2D eigenvalue weighted by molar-refractivity contribution is 5.80. The predicted octanol–water partition coefficient (Wildman–Crippen LogP) is 1.23. The molecule has 3 fully saturated rings. The quantitative estimate of drug-likeness (QED) is 0.764. The molecule has 3 aliphatic rings. The SMILES string of the molecule is CC1CC(CN)CN1C(=O)C1CC2CC2C1. The lowest BCUT2D eigenvalue weighted by Crippen LogP contribution is -2.38. The summed E-state index contributed by atoms with van der Waals surface area (Å²) in [6, 6.07) is 0.415. The number of hydrogen-bond donors (Lipinski definition) is 1. The molecule has 0 aromatic carbocycles. The number of carbonyl (C=O) groups excluding carboxylic acids is 1. The van der Waals surface area contributed by atoms with Gasteiger partial charge in [0.2, 0.25) is 5.91 Å². The molecule has 2 N–H and O–H groups in total. The molecule has 3 nitrogen and oxygen atoms in total. The first kappa shape index (κ1) is 10.6. The minimum atomic E-state index is 0.350. The minimum absolute atomic E-state index is 0.350. The van der Waals surface area contributed by atoms with Gasteiger partial charge in [-0.05, 0) is 56.9 Å². The fourth-order valence-corrected chi connectivity index (χ4v) is 3.77. The molecule has 1 amide bonds. The zero-order valence-corrected chi connectivity index (χ0v) is 10.1. The van der Waals surface area contributed by atoms with Crippen LogP contribution < -0.4 is 5.73 Å². The molecule has 1 aliphatic heterocycles. The summed E-state index contributed by atoms with van der Waals surface area (Å²) in [5.74, 6) is 3.11. The number of amides is 1. The zero-order valence-electron chi connectivity index (χ0n) is 10.1. The Labute approximate surface area is 97.4 Å². The molecule has 1 heterocycles. The van der Waals surface area contributed by atoms with Crippen molar-refractivity contribution in [2.45, 2.75) is 38.6 Å². The molecular formula is C13H22N2O. The summed E-state index contributed by atoms with van der Waals surface area (Å²) >= 11 is 0. The highest BCUT2D eigenvalue weighted by Crippen LogP contribution is 2.54. The third-order valence-electron chi connectivity index (χ3n) is 4.87. The van der Waals surface area contributed by atoms with Crippen molar-refractivity contribution >= 4 is 5.91 Å². The maximum absolute atomic E-state index is 12.4. The Morgan fingerprint density at radius 3 is 2.50 bits per heavy atom. The Balaban J connectivity index is 1.62. The van der Waals surface area contributed by atoms with Crippen LogP contribution in [0.5, 0.6) is 0 Å². The van der Waals surface area contributed by atoms with Crippen molar-refractivity contribution in [2.24, 2.45) is 29.4 Å². The monoisotopic (exact) mass is 222 g/mol. The van der Waals surface area contributed by atoms with Gasteiger partial charge in [0.15, 0.2) is 0 Å². The first-order valence-corrected chi connectivity index (χ1v) is 6.69. The Morgan fingerprint density at radius 1 is 1.25 bits per heavy atom. The number of likely N-dealkylation sites (tertiary alicyclic amines) is 1. The largest absolute Gasteiger partial charge is 0.339 e. The second-order valence-corrected chi connectivity index (χ2v) is 6.10. The summed E-state index contributed by atoms with van der Waals surface area (Å²) < 4.78 is 0. The van der Waals surface area contributed by atoms with Crippen LogP contribution in [0.15, 0.2) is 0 Å². The summed E-state index contributed by atoms with van der Waals surface area (Å²) in [5, 5.41) is 0. The van der Waals surface area contributed by atoms with E-state index >= 15 is 0 Å². The number of nitrogens with zero attached hydrogens (tertiary/aromatic N) is 1. The van der Waals surface area contributed by atoms with Crippen LogP contribution in [-0.2, 0) is 4.79 Å². The Morgan fingerprint density at radius 2 is 1.94 bits per heavy atom. The van der Waals surface area contributed by atoms with Crippen LogP contribution in [0.3, 0.4) is 0 Å². The highest BCUT2D eigenvalue weighted by Gasteiger charge is 2.49. The van der Waals surface area contributed by atoms with Crippen molar-refractivity contribution in [3.8, 4) is 0 Å². The molecule has 3 heteroatoms. The van der Waals surface area contributed by atoms with Gasteiger partial charge in [-0.3, -0.25) is 4.79 Å². The maximum atomic E-state index is 12.4. The second-order valence-electron chi connectivity index (χ2n) is 6.10. The Kier molecular flexibility index (Phi) is 2.46. The molecule has 16 heavy (non-hydrogen) atoms. The summed E-state index contributed by atoms with van der Waals surface area (Å²) in [5.41, 5.74) is 5.70. The van der Waals surface area contributed by atoms with Gasteiger partial charge in [0.25, 0.3) is 0 Å². The second kappa shape index (κ2) is 3.73. The molecule has 3 rings (SSSR count). The third-order valence-corrected chi connectivity index (χ3v) is 4.87. The molecule has 0 radical (unpaired) electrons. The number of nitrogens with two attached hydrogens (primary N) is 1. The molecule has 0 spiro atoms. The Hall–Kier alpha value is -0.570. The van der Waals surface area contributed by atoms with E-state index < -0.39 is 0 Å². The number of carbonyl (C=O) groups is 1. The molecular weight excluding hydrogens is 200 g/mol. The fourth-order valence-electron chi connectivity index (χ4n) is 3.77.